The van der Waals surface area contributed by atoms with Gasteiger partial charge in [-0.1, -0.05) is 37.2 Å². The molecule has 3 rings (SSSR count). The highest BCUT2D eigenvalue weighted by Gasteiger charge is 2.45. The first-order valence-corrected chi connectivity index (χ1v) is 8.69. The third-order valence-electron chi connectivity index (χ3n) is 4.72. The second-order valence-corrected chi connectivity index (χ2v) is 6.91. The summed E-state index contributed by atoms with van der Waals surface area (Å²) in [5, 5.41) is 10.6. The zero-order valence-electron chi connectivity index (χ0n) is 15.4. The number of benzene rings is 1. The lowest BCUT2D eigenvalue weighted by atomic mass is 9.95. The molecule has 0 atom stereocenters. The zero-order valence-corrected chi connectivity index (χ0v) is 17.7. The summed E-state index contributed by atoms with van der Waals surface area (Å²) in [6.07, 6.45) is 1.97. The van der Waals surface area contributed by atoms with Crippen LogP contribution in [-0.4, -0.2) is 24.7 Å². The molecule has 2 N–H and O–H groups in total. The summed E-state index contributed by atoms with van der Waals surface area (Å²) in [4.78, 5) is 4.23. The highest BCUT2D eigenvalue weighted by atomic mass is 127. The Bertz CT molecular complexity index is 756. The van der Waals surface area contributed by atoms with E-state index in [1.807, 2.05) is 18.2 Å². The van der Waals surface area contributed by atoms with Gasteiger partial charge < -0.3 is 15.2 Å². The minimum absolute atomic E-state index is 0. The lowest BCUT2D eigenvalue weighted by molar-refractivity contribution is 0.372. The first-order chi connectivity index (χ1) is 12.0. The molecule has 0 spiro atoms. The minimum atomic E-state index is -0.132. The lowest BCUT2D eigenvalue weighted by Gasteiger charge is -2.19. The van der Waals surface area contributed by atoms with Gasteiger partial charge in [0.1, 0.15) is 5.82 Å². The van der Waals surface area contributed by atoms with Gasteiger partial charge in [0.15, 0.2) is 11.7 Å². The second-order valence-electron chi connectivity index (χ2n) is 6.91. The summed E-state index contributed by atoms with van der Waals surface area (Å²) in [6, 6.07) is 8.97. The van der Waals surface area contributed by atoms with Crippen molar-refractivity contribution in [2.45, 2.75) is 44.6 Å². The van der Waals surface area contributed by atoms with Crippen molar-refractivity contribution in [3.8, 4) is 0 Å². The Kier molecular flexibility index (Phi) is 7.02. The number of guanidine groups is 1. The molecule has 1 fully saturated rings. The highest BCUT2D eigenvalue weighted by molar-refractivity contribution is 14.0. The van der Waals surface area contributed by atoms with E-state index >= 15 is 0 Å². The maximum absolute atomic E-state index is 14.1. The molecule has 1 aromatic heterocycles. The van der Waals surface area contributed by atoms with Crippen LogP contribution in [0.3, 0.4) is 0 Å². The van der Waals surface area contributed by atoms with Crippen LogP contribution in [0.15, 0.2) is 39.8 Å². The van der Waals surface area contributed by atoms with E-state index in [0.29, 0.717) is 25.0 Å². The van der Waals surface area contributed by atoms with Gasteiger partial charge in [0.25, 0.3) is 0 Å². The molecular weight excluding hydrogens is 446 g/mol. The van der Waals surface area contributed by atoms with Gasteiger partial charge in [-0.15, -0.1) is 24.0 Å². The van der Waals surface area contributed by atoms with E-state index in [1.165, 1.54) is 6.07 Å². The van der Waals surface area contributed by atoms with E-state index in [1.54, 1.807) is 13.1 Å². The molecule has 2 aromatic rings. The second kappa shape index (κ2) is 8.83. The van der Waals surface area contributed by atoms with E-state index in [2.05, 4.69) is 34.6 Å². The Morgan fingerprint density at radius 1 is 1.31 bits per heavy atom. The SMILES string of the molecule is CN=C(NCc1cc(C(C)C)no1)NCC1(c2ccccc2F)CC1.I. The van der Waals surface area contributed by atoms with Gasteiger partial charge in [-0.3, -0.25) is 4.99 Å². The van der Waals surface area contributed by atoms with E-state index in [0.717, 1.165) is 29.9 Å². The first kappa shape index (κ1) is 20.7. The number of hydrogen-bond donors (Lipinski definition) is 2. The largest absolute Gasteiger partial charge is 0.359 e. The van der Waals surface area contributed by atoms with Crippen molar-refractivity contribution in [3.63, 3.8) is 0 Å². The number of rotatable bonds is 6. The van der Waals surface area contributed by atoms with E-state index in [4.69, 9.17) is 4.52 Å². The fourth-order valence-corrected chi connectivity index (χ4v) is 2.91. The van der Waals surface area contributed by atoms with Crippen molar-refractivity contribution >= 4 is 29.9 Å². The predicted molar refractivity (Wildman–Crippen MR) is 112 cm³/mol. The first-order valence-electron chi connectivity index (χ1n) is 8.69. The van der Waals surface area contributed by atoms with Gasteiger partial charge in [-0.2, -0.15) is 0 Å². The van der Waals surface area contributed by atoms with Gasteiger partial charge in [-0.05, 0) is 30.4 Å². The molecule has 5 nitrogen and oxygen atoms in total. The predicted octanol–water partition coefficient (Wildman–Crippen LogP) is 3.95. The molecule has 1 aliphatic carbocycles. The van der Waals surface area contributed by atoms with Gasteiger partial charge in [0.05, 0.1) is 12.2 Å². The fraction of sp³-hybridized carbons (Fsp3) is 0.474. The molecule has 0 amide bonds. The van der Waals surface area contributed by atoms with Gasteiger partial charge in [0, 0.05) is 25.1 Å². The van der Waals surface area contributed by atoms with Gasteiger partial charge in [-0.25, -0.2) is 4.39 Å². The van der Waals surface area contributed by atoms with Crippen molar-refractivity contribution in [1.82, 2.24) is 15.8 Å². The number of aliphatic imine (C=N–C) groups is 1. The molecule has 0 saturated heterocycles. The van der Waals surface area contributed by atoms with Crippen molar-refractivity contribution in [2.75, 3.05) is 13.6 Å². The number of nitrogens with zero attached hydrogens (tertiary/aromatic N) is 2. The summed E-state index contributed by atoms with van der Waals surface area (Å²) in [7, 11) is 1.72. The minimum Gasteiger partial charge on any atom is -0.359 e. The molecule has 26 heavy (non-hydrogen) atoms. The van der Waals surface area contributed by atoms with E-state index in [9.17, 15) is 4.39 Å². The molecular formula is C19H26FIN4O. The fourth-order valence-electron chi connectivity index (χ4n) is 2.91. The Hall–Kier alpha value is -1.64. The maximum atomic E-state index is 14.1. The molecule has 0 bridgehead atoms. The highest BCUT2D eigenvalue weighted by Crippen LogP contribution is 2.48. The van der Waals surface area contributed by atoms with Crippen LogP contribution in [0.1, 0.15) is 49.6 Å². The molecule has 1 aromatic carbocycles. The van der Waals surface area contributed by atoms with Gasteiger partial charge >= 0.3 is 0 Å². The number of nitrogens with one attached hydrogen (secondary N) is 2. The smallest absolute Gasteiger partial charge is 0.191 e. The monoisotopic (exact) mass is 472 g/mol. The summed E-state index contributed by atoms with van der Waals surface area (Å²) in [5.41, 5.74) is 1.60. The summed E-state index contributed by atoms with van der Waals surface area (Å²) < 4.78 is 19.4. The van der Waals surface area contributed by atoms with Crippen LogP contribution in [0.25, 0.3) is 0 Å². The Morgan fingerprint density at radius 2 is 2.04 bits per heavy atom. The van der Waals surface area contributed by atoms with Crippen LogP contribution in [0, 0.1) is 5.82 Å². The van der Waals surface area contributed by atoms with Crippen molar-refractivity contribution < 1.29 is 8.91 Å². The number of halogens is 2. The topological polar surface area (TPSA) is 62.5 Å². The van der Waals surface area contributed by atoms with Crippen molar-refractivity contribution in [1.29, 1.82) is 0 Å². The molecule has 1 heterocycles. The summed E-state index contributed by atoms with van der Waals surface area (Å²) in [5.74, 6) is 1.64. The average molecular weight is 472 g/mol. The Balaban J connectivity index is 0.00000243. The Labute approximate surface area is 170 Å². The van der Waals surface area contributed by atoms with Gasteiger partial charge in [0.2, 0.25) is 0 Å². The molecule has 142 valence electrons. The van der Waals surface area contributed by atoms with Crippen LogP contribution in [0.2, 0.25) is 0 Å². The third-order valence-corrected chi connectivity index (χ3v) is 4.72. The van der Waals surface area contributed by atoms with Crippen LogP contribution in [0.5, 0.6) is 0 Å². The standard InChI is InChI=1S/C19H25FN4O.HI/c1-13(2)17-10-14(25-24-17)11-22-18(21-3)23-12-19(8-9-19)15-6-4-5-7-16(15)20;/h4-7,10,13H,8-9,11-12H2,1-3H3,(H2,21,22,23);1H. The third kappa shape index (κ3) is 4.75. The Morgan fingerprint density at radius 3 is 2.62 bits per heavy atom. The normalized spacial score (nSPS) is 15.5. The molecule has 7 heteroatoms. The zero-order chi connectivity index (χ0) is 17.9. The van der Waals surface area contributed by atoms with E-state index in [-0.39, 0.29) is 35.2 Å². The van der Waals surface area contributed by atoms with Crippen LogP contribution in [0.4, 0.5) is 4.39 Å². The molecule has 0 unspecified atom stereocenters. The van der Waals surface area contributed by atoms with E-state index < -0.39 is 0 Å². The molecule has 1 aliphatic rings. The maximum Gasteiger partial charge on any atom is 0.191 e. The molecule has 1 saturated carbocycles. The van der Waals surface area contributed by atoms with Crippen molar-refractivity contribution in [2.24, 2.45) is 4.99 Å². The molecule has 0 aliphatic heterocycles. The summed E-state index contributed by atoms with van der Waals surface area (Å²) >= 11 is 0. The van der Waals surface area contributed by atoms with Crippen LogP contribution < -0.4 is 10.6 Å². The molecule has 0 radical (unpaired) electrons. The lowest BCUT2D eigenvalue weighted by Crippen LogP contribution is -2.41. The summed E-state index contributed by atoms with van der Waals surface area (Å²) in [6.45, 7) is 5.31. The quantitative estimate of drug-likeness (QED) is 0.380. The number of hydrogen-bond acceptors (Lipinski definition) is 3. The average Bonchev–Trinajstić information content (AvgIpc) is 3.23. The van der Waals surface area contributed by atoms with Crippen LogP contribution in [-0.2, 0) is 12.0 Å². The van der Waals surface area contributed by atoms with Crippen molar-refractivity contribution in [3.05, 3.63) is 53.2 Å². The van der Waals surface area contributed by atoms with Crippen LogP contribution >= 0.6 is 24.0 Å². The number of aromatic nitrogens is 1.